The molecule has 2 heterocycles. The third-order valence-electron chi connectivity index (χ3n) is 4.15. The highest BCUT2D eigenvalue weighted by Gasteiger charge is 2.20. The van der Waals surface area contributed by atoms with Crippen molar-refractivity contribution < 1.29 is 4.79 Å². The second kappa shape index (κ2) is 7.56. The Bertz CT molecular complexity index is 574. The smallest absolute Gasteiger partial charge is 0.222 e. The molecule has 1 saturated heterocycles. The molecule has 116 valence electrons. The van der Waals surface area contributed by atoms with Gasteiger partial charge < -0.3 is 4.90 Å². The van der Waals surface area contributed by atoms with Gasteiger partial charge in [0.1, 0.15) is 0 Å². The number of amides is 1. The SMILES string of the molecule is O=C(CCc1ccccc1)N1CCN(Cc2cccs2)CC1. The van der Waals surface area contributed by atoms with Gasteiger partial charge in [0.25, 0.3) is 0 Å². The summed E-state index contributed by atoms with van der Waals surface area (Å²) in [5.74, 6) is 0.291. The first kappa shape index (κ1) is 15.3. The van der Waals surface area contributed by atoms with E-state index >= 15 is 0 Å². The molecule has 1 aliphatic rings. The Morgan fingerprint density at radius 1 is 1.00 bits per heavy atom. The number of aryl methyl sites for hydroxylation is 1. The number of rotatable bonds is 5. The number of nitrogens with zero attached hydrogens (tertiary/aromatic N) is 2. The van der Waals surface area contributed by atoms with E-state index in [0.717, 1.165) is 39.1 Å². The second-order valence-electron chi connectivity index (χ2n) is 5.72. The molecular formula is C18H22N2OS. The van der Waals surface area contributed by atoms with Crippen molar-refractivity contribution in [3.8, 4) is 0 Å². The van der Waals surface area contributed by atoms with Gasteiger partial charge in [-0.15, -0.1) is 11.3 Å². The fourth-order valence-electron chi connectivity index (χ4n) is 2.83. The fraction of sp³-hybridized carbons (Fsp3) is 0.389. The minimum atomic E-state index is 0.291. The summed E-state index contributed by atoms with van der Waals surface area (Å²) in [4.78, 5) is 18.2. The highest BCUT2D eigenvalue weighted by atomic mass is 32.1. The van der Waals surface area contributed by atoms with Crippen LogP contribution in [0.1, 0.15) is 16.9 Å². The molecule has 1 amide bonds. The predicted octanol–water partition coefficient (Wildman–Crippen LogP) is 3.03. The lowest BCUT2D eigenvalue weighted by Crippen LogP contribution is -2.48. The van der Waals surface area contributed by atoms with Crippen LogP contribution in [0.5, 0.6) is 0 Å². The Morgan fingerprint density at radius 2 is 1.77 bits per heavy atom. The number of carbonyl (C=O) groups is 1. The van der Waals surface area contributed by atoms with E-state index in [2.05, 4.69) is 34.5 Å². The third-order valence-corrected chi connectivity index (χ3v) is 5.02. The van der Waals surface area contributed by atoms with E-state index in [0.29, 0.717) is 12.3 Å². The maximum atomic E-state index is 12.3. The minimum Gasteiger partial charge on any atom is -0.340 e. The molecule has 1 aliphatic heterocycles. The topological polar surface area (TPSA) is 23.6 Å². The minimum absolute atomic E-state index is 0.291. The van der Waals surface area contributed by atoms with E-state index in [1.165, 1.54) is 10.4 Å². The maximum Gasteiger partial charge on any atom is 0.222 e. The monoisotopic (exact) mass is 314 g/mol. The van der Waals surface area contributed by atoms with Gasteiger partial charge in [-0.1, -0.05) is 36.4 Å². The van der Waals surface area contributed by atoms with E-state index in [-0.39, 0.29) is 0 Å². The van der Waals surface area contributed by atoms with Crippen LogP contribution in [0, 0.1) is 0 Å². The van der Waals surface area contributed by atoms with Gasteiger partial charge in [0.15, 0.2) is 0 Å². The lowest BCUT2D eigenvalue weighted by molar-refractivity contribution is -0.132. The summed E-state index contributed by atoms with van der Waals surface area (Å²) in [7, 11) is 0. The molecule has 1 aromatic heterocycles. The molecule has 4 heteroatoms. The Balaban J connectivity index is 1.42. The zero-order valence-corrected chi connectivity index (χ0v) is 13.6. The molecule has 0 unspecified atom stereocenters. The molecule has 0 radical (unpaired) electrons. The van der Waals surface area contributed by atoms with Crippen molar-refractivity contribution in [2.45, 2.75) is 19.4 Å². The highest BCUT2D eigenvalue weighted by molar-refractivity contribution is 7.09. The molecule has 0 aliphatic carbocycles. The number of hydrogen-bond acceptors (Lipinski definition) is 3. The van der Waals surface area contributed by atoms with Crippen molar-refractivity contribution in [3.63, 3.8) is 0 Å². The van der Waals surface area contributed by atoms with E-state index < -0.39 is 0 Å². The van der Waals surface area contributed by atoms with E-state index in [1.54, 1.807) is 0 Å². The summed E-state index contributed by atoms with van der Waals surface area (Å²) in [6, 6.07) is 14.5. The largest absolute Gasteiger partial charge is 0.340 e. The molecule has 3 rings (SSSR count). The maximum absolute atomic E-state index is 12.3. The zero-order valence-electron chi connectivity index (χ0n) is 12.8. The fourth-order valence-corrected chi connectivity index (χ4v) is 3.58. The van der Waals surface area contributed by atoms with Crippen LogP contribution in [0.4, 0.5) is 0 Å². The van der Waals surface area contributed by atoms with E-state index in [4.69, 9.17) is 0 Å². The van der Waals surface area contributed by atoms with Gasteiger partial charge in [-0.2, -0.15) is 0 Å². The number of piperazine rings is 1. The Kier molecular flexibility index (Phi) is 5.24. The number of hydrogen-bond donors (Lipinski definition) is 0. The van der Waals surface area contributed by atoms with Crippen LogP contribution in [0.25, 0.3) is 0 Å². The van der Waals surface area contributed by atoms with Crippen molar-refractivity contribution in [1.29, 1.82) is 0 Å². The highest BCUT2D eigenvalue weighted by Crippen LogP contribution is 2.14. The Hall–Kier alpha value is -1.65. The summed E-state index contributed by atoms with van der Waals surface area (Å²) in [6.45, 7) is 4.70. The molecule has 1 aromatic carbocycles. The van der Waals surface area contributed by atoms with Crippen LogP contribution in [0.2, 0.25) is 0 Å². The first-order chi connectivity index (χ1) is 10.8. The van der Waals surface area contributed by atoms with E-state index in [1.807, 2.05) is 34.4 Å². The number of thiophene rings is 1. The van der Waals surface area contributed by atoms with Crippen LogP contribution in [0.15, 0.2) is 47.8 Å². The first-order valence-electron chi connectivity index (χ1n) is 7.88. The van der Waals surface area contributed by atoms with Crippen LogP contribution < -0.4 is 0 Å². The molecule has 3 nitrogen and oxygen atoms in total. The average Bonchev–Trinajstić information content (AvgIpc) is 3.07. The normalized spacial score (nSPS) is 15.9. The second-order valence-corrected chi connectivity index (χ2v) is 6.75. The molecular weight excluding hydrogens is 292 g/mol. The molecule has 22 heavy (non-hydrogen) atoms. The molecule has 0 N–H and O–H groups in total. The van der Waals surface area contributed by atoms with Gasteiger partial charge in [-0.3, -0.25) is 9.69 Å². The lowest BCUT2D eigenvalue weighted by atomic mass is 10.1. The van der Waals surface area contributed by atoms with Gasteiger partial charge in [0.2, 0.25) is 5.91 Å². The number of carbonyl (C=O) groups excluding carboxylic acids is 1. The van der Waals surface area contributed by atoms with Crippen molar-refractivity contribution in [2.75, 3.05) is 26.2 Å². The van der Waals surface area contributed by atoms with Gasteiger partial charge in [-0.25, -0.2) is 0 Å². The summed E-state index contributed by atoms with van der Waals surface area (Å²) >= 11 is 1.81. The van der Waals surface area contributed by atoms with Gasteiger partial charge >= 0.3 is 0 Å². The van der Waals surface area contributed by atoms with E-state index in [9.17, 15) is 4.79 Å². The van der Waals surface area contributed by atoms with Crippen LogP contribution in [-0.2, 0) is 17.8 Å². The zero-order chi connectivity index (χ0) is 15.2. The molecule has 1 fully saturated rings. The Labute approximate surface area is 136 Å². The summed E-state index contributed by atoms with van der Waals surface area (Å²) in [6.07, 6.45) is 1.46. The summed E-state index contributed by atoms with van der Waals surface area (Å²) < 4.78 is 0. The molecule has 0 atom stereocenters. The molecule has 0 spiro atoms. The van der Waals surface area contributed by atoms with Crippen LogP contribution in [0.3, 0.4) is 0 Å². The number of benzene rings is 1. The molecule has 0 bridgehead atoms. The summed E-state index contributed by atoms with van der Waals surface area (Å²) in [5.41, 5.74) is 1.24. The first-order valence-corrected chi connectivity index (χ1v) is 8.76. The average molecular weight is 314 g/mol. The standard InChI is InChI=1S/C18H22N2OS/c21-18(9-8-16-5-2-1-3-6-16)20-12-10-19(11-13-20)15-17-7-4-14-22-17/h1-7,14H,8-13,15H2. The predicted molar refractivity (Wildman–Crippen MR) is 90.9 cm³/mol. The molecule has 0 saturated carbocycles. The summed E-state index contributed by atoms with van der Waals surface area (Å²) in [5, 5.41) is 2.12. The van der Waals surface area contributed by atoms with Crippen LogP contribution in [-0.4, -0.2) is 41.9 Å². The van der Waals surface area contributed by atoms with Crippen molar-refractivity contribution in [2.24, 2.45) is 0 Å². The van der Waals surface area contributed by atoms with Gasteiger partial charge in [0, 0.05) is 44.0 Å². The van der Waals surface area contributed by atoms with Crippen molar-refractivity contribution in [3.05, 3.63) is 58.3 Å². The van der Waals surface area contributed by atoms with Gasteiger partial charge in [0.05, 0.1) is 0 Å². The van der Waals surface area contributed by atoms with Crippen molar-refractivity contribution >= 4 is 17.2 Å². The Morgan fingerprint density at radius 3 is 2.45 bits per heavy atom. The van der Waals surface area contributed by atoms with Crippen molar-refractivity contribution in [1.82, 2.24) is 9.80 Å². The lowest BCUT2D eigenvalue weighted by Gasteiger charge is -2.34. The van der Waals surface area contributed by atoms with Crippen LogP contribution >= 0.6 is 11.3 Å². The quantitative estimate of drug-likeness (QED) is 0.847. The third kappa shape index (κ3) is 4.18. The molecule has 2 aromatic rings. The van der Waals surface area contributed by atoms with Gasteiger partial charge in [-0.05, 0) is 23.4 Å².